The van der Waals surface area contributed by atoms with E-state index in [1.54, 1.807) is 12.1 Å². The first-order chi connectivity index (χ1) is 13.2. The van der Waals surface area contributed by atoms with Gasteiger partial charge in [-0.3, -0.25) is 4.79 Å². The number of allylic oxidation sites excluding steroid dienone is 1. The molecular weight excluding hydrogens is 407 g/mol. The maximum absolute atomic E-state index is 13.3. The molecule has 0 heterocycles. The van der Waals surface area contributed by atoms with E-state index in [4.69, 9.17) is 11.6 Å². The summed E-state index contributed by atoms with van der Waals surface area (Å²) in [6, 6.07) is 6.08. The monoisotopic (exact) mass is 425 g/mol. The zero-order valence-electron chi connectivity index (χ0n) is 15.2. The quantitative estimate of drug-likeness (QED) is 0.284. The summed E-state index contributed by atoms with van der Waals surface area (Å²) in [7, 11) is 0. The molecule has 0 aliphatic carbocycles. The van der Waals surface area contributed by atoms with E-state index in [1.165, 1.54) is 17.8 Å². The minimum absolute atomic E-state index is 0.183. The fourth-order valence-corrected chi connectivity index (χ4v) is 3.54. The summed E-state index contributed by atoms with van der Waals surface area (Å²) in [5, 5.41) is 2.82. The molecule has 0 fully saturated rings. The molecule has 7 heteroatoms. The lowest BCUT2D eigenvalue weighted by Gasteiger charge is -2.11. The number of benzene rings is 2. The Morgan fingerprint density at radius 1 is 1.25 bits per heavy atom. The number of thioether (sulfide) groups is 1. The van der Waals surface area contributed by atoms with Crippen molar-refractivity contribution in [3.8, 4) is 0 Å². The van der Waals surface area contributed by atoms with E-state index in [2.05, 4.69) is 18.5 Å². The van der Waals surface area contributed by atoms with E-state index in [9.17, 15) is 18.0 Å². The van der Waals surface area contributed by atoms with Gasteiger partial charge in [-0.1, -0.05) is 36.8 Å². The highest BCUT2D eigenvalue weighted by atomic mass is 35.5. The van der Waals surface area contributed by atoms with Gasteiger partial charge in [0.25, 0.3) is 5.91 Å². The second-order valence-corrected chi connectivity index (χ2v) is 7.73. The highest BCUT2D eigenvalue weighted by molar-refractivity contribution is 7.99. The SMILES string of the molecule is C=CC(C)CC(=C)CSc1cc(C(=O)Nc2cc(F)c(F)c(F)c2)ccc1Cl. The molecule has 28 heavy (non-hydrogen) atoms. The topological polar surface area (TPSA) is 29.1 Å². The second kappa shape index (κ2) is 9.85. The second-order valence-electron chi connectivity index (χ2n) is 6.31. The van der Waals surface area contributed by atoms with Crippen LogP contribution in [0, 0.1) is 23.4 Å². The Morgan fingerprint density at radius 3 is 2.50 bits per heavy atom. The van der Waals surface area contributed by atoms with Crippen LogP contribution in [0.2, 0.25) is 5.02 Å². The number of anilines is 1. The molecule has 2 aromatic carbocycles. The van der Waals surface area contributed by atoms with Crippen LogP contribution in [0.25, 0.3) is 0 Å². The Balaban J connectivity index is 2.10. The molecule has 0 aliphatic rings. The zero-order chi connectivity index (χ0) is 20.8. The van der Waals surface area contributed by atoms with Gasteiger partial charge in [-0.05, 0) is 30.5 Å². The van der Waals surface area contributed by atoms with Gasteiger partial charge in [-0.2, -0.15) is 0 Å². The highest BCUT2D eigenvalue weighted by Crippen LogP contribution is 2.31. The predicted octanol–water partition coefficient (Wildman–Crippen LogP) is 6.87. The lowest BCUT2D eigenvalue weighted by atomic mass is 10.0. The molecule has 1 amide bonds. The summed E-state index contributed by atoms with van der Waals surface area (Å²) in [6.45, 7) is 9.82. The van der Waals surface area contributed by atoms with Crippen LogP contribution < -0.4 is 5.32 Å². The molecule has 1 unspecified atom stereocenters. The molecule has 2 aromatic rings. The maximum atomic E-state index is 13.3. The Bertz CT molecular complexity index is 894. The van der Waals surface area contributed by atoms with Gasteiger partial charge in [0, 0.05) is 34.0 Å². The van der Waals surface area contributed by atoms with Crippen LogP contribution >= 0.6 is 23.4 Å². The van der Waals surface area contributed by atoms with Gasteiger partial charge in [-0.25, -0.2) is 13.2 Å². The first-order valence-corrected chi connectivity index (χ1v) is 9.75. The van der Waals surface area contributed by atoms with Crippen LogP contribution in [0.15, 0.2) is 60.0 Å². The fourth-order valence-electron chi connectivity index (χ4n) is 2.36. The van der Waals surface area contributed by atoms with Gasteiger partial charge < -0.3 is 5.32 Å². The van der Waals surface area contributed by atoms with E-state index in [0.717, 1.165) is 12.0 Å². The number of carbonyl (C=O) groups excluding carboxylic acids is 1. The fraction of sp³-hybridized carbons (Fsp3) is 0.190. The highest BCUT2D eigenvalue weighted by Gasteiger charge is 2.14. The zero-order valence-corrected chi connectivity index (χ0v) is 16.8. The molecule has 0 radical (unpaired) electrons. The maximum Gasteiger partial charge on any atom is 0.255 e. The van der Waals surface area contributed by atoms with Gasteiger partial charge >= 0.3 is 0 Å². The van der Waals surface area contributed by atoms with Crippen LogP contribution in [0.3, 0.4) is 0 Å². The van der Waals surface area contributed by atoms with Crippen LogP contribution in [0.5, 0.6) is 0 Å². The van der Waals surface area contributed by atoms with Gasteiger partial charge in [0.1, 0.15) is 0 Å². The number of hydrogen-bond acceptors (Lipinski definition) is 2. The lowest BCUT2D eigenvalue weighted by Crippen LogP contribution is -2.12. The van der Waals surface area contributed by atoms with E-state index >= 15 is 0 Å². The third-order valence-corrected chi connectivity index (χ3v) is 5.52. The normalized spacial score (nSPS) is 11.8. The van der Waals surface area contributed by atoms with Gasteiger partial charge in [0.05, 0.1) is 5.02 Å². The summed E-state index contributed by atoms with van der Waals surface area (Å²) >= 11 is 7.63. The Hall–Kier alpha value is -2.18. The number of nitrogens with one attached hydrogen (secondary N) is 1. The first-order valence-electron chi connectivity index (χ1n) is 8.38. The van der Waals surface area contributed by atoms with Crippen molar-refractivity contribution >= 4 is 35.0 Å². The van der Waals surface area contributed by atoms with Gasteiger partial charge in [-0.15, -0.1) is 18.3 Å². The average molecular weight is 426 g/mol. The third-order valence-electron chi connectivity index (χ3n) is 3.88. The molecule has 2 rings (SSSR count). The van der Waals surface area contributed by atoms with Crippen LogP contribution in [0.1, 0.15) is 23.7 Å². The minimum Gasteiger partial charge on any atom is -0.322 e. The van der Waals surface area contributed by atoms with E-state index in [1.807, 2.05) is 13.0 Å². The standard InChI is InChI=1S/C21H19ClF3NOS/c1-4-12(2)7-13(3)11-28-19-8-14(5-6-16(19)22)21(27)26-15-9-17(23)20(25)18(24)10-15/h4-6,8-10,12H,1,3,7,11H2,2H3,(H,26,27). The van der Waals surface area contributed by atoms with Crippen molar-refractivity contribution in [3.63, 3.8) is 0 Å². The van der Waals surface area contributed by atoms with Gasteiger partial charge in [0.15, 0.2) is 17.5 Å². The molecule has 0 saturated heterocycles. The summed E-state index contributed by atoms with van der Waals surface area (Å²) in [6.07, 6.45) is 2.66. The van der Waals surface area contributed by atoms with E-state index in [-0.39, 0.29) is 11.3 Å². The molecule has 1 atom stereocenters. The number of halogens is 4. The Labute approximate surface area is 171 Å². The Morgan fingerprint density at radius 2 is 1.89 bits per heavy atom. The van der Waals surface area contributed by atoms with Crippen LogP contribution in [-0.2, 0) is 0 Å². The van der Waals surface area contributed by atoms with E-state index < -0.39 is 23.4 Å². The van der Waals surface area contributed by atoms with Crippen LogP contribution in [0.4, 0.5) is 18.9 Å². The molecule has 0 saturated carbocycles. The summed E-state index contributed by atoms with van der Waals surface area (Å²) in [5.41, 5.74) is 1.08. The number of amides is 1. The van der Waals surface area contributed by atoms with Crippen molar-refractivity contribution in [3.05, 3.63) is 83.2 Å². The summed E-state index contributed by atoms with van der Waals surface area (Å²) < 4.78 is 39.6. The number of hydrogen-bond donors (Lipinski definition) is 1. The molecule has 0 aliphatic heterocycles. The van der Waals surface area contributed by atoms with Gasteiger partial charge in [0.2, 0.25) is 0 Å². The number of rotatable bonds is 8. The Kier molecular flexibility index (Phi) is 7.78. The smallest absolute Gasteiger partial charge is 0.255 e. The molecule has 1 N–H and O–H groups in total. The molecule has 148 valence electrons. The van der Waals surface area contributed by atoms with E-state index in [0.29, 0.717) is 33.7 Å². The van der Waals surface area contributed by atoms with Crippen molar-refractivity contribution in [2.24, 2.45) is 5.92 Å². The molecule has 0 bridgehead atoms. The summed E-state index contributed by atoms with van der Waals surface area (Å²) in [5.74, 6) is -4.00. The molecule has 2 nitrogen and oxygen atoms in total. The third kappa shape index (κ3) is 5.91. The molecule has 0 spiro atoms. The van der Waals surface area contributed by atoms with Crippen molar-refractivity contribution in [2.75, 3.05) is 11.1 Å². The van der Waals surface area contributed by atoms with Crippen LogP contribution in [-0.4, -0.2) is 11.7 Å². The minimum atomic E-state index is -1.59. The van der Waals surface area contributed by atoms with Crippen molar-refractivity contribution in [1.82, 2.24) is 0 Å². The summed E-state index contributed by atoms with van der Waals surface area (Å²) in [4.78, 5) is 13.1. The predicted molar refractivity (Wildman–Crippen MR) is 110 cm³/mol. The van der Waals surface area contributed by atoms with Crippen molar-refractivity contribution < 1.29 is 18.0 Å². The molecular formula is C21H19ClF3NOS. The first kappa shape index (κ1) is 22.1. The van der Waals surface area contributed by atoms with Crippen molar-refractivity contribution in [2.45, 2.75) is 18.2 Å². The lowest BCUT2D eigenvalue weighted by molar-refractivity contribution is 0.102. The number of carbonyl (C=O) groups is 1. The average Bonchev–Trinajstić information content (AvgIpc) is 2.65. The largest absolute Gasteiger partial charge is 0.322 e. The molecule has 0 aromatic heterocycles. The van der Waals surface area contributed by atoms with Crippen molar-refractivity contribution in [1.29, 1.82) is 0 Å².